The summed E-state index contributed by atoms with van der Waals surface area (Å²) in [5, 5.41) is 24.1. The van der Waals surface area contributed by atoms with Gasteiger partial charge in [-0.3, -0.25) is 9.59 Å². The summed E-state index contributed by atoms with van der Waals surface area (Å²) in [7, 11) is 0. The molecule has 0 radical (unpaired) electrons. The van der Waals surface area contributed by atoms with Gasteiger partial charge >= 0.3 is 5.97 Å². The van der Waals surface area contributed by atoms with Crippen LogP contribution >= 0.6 is 46.4 Å². The minimum atomic E-state index is -1.58. The number of aliphatic carboxylic acids is 1. The van der Waals surface area contributed by atoms with Gasteiger partial charge in [0.25, 0.3) is 11.8 Å². The molecule has 0 aliphatic carbocycles. The van der Waals surface area contributed by atoms with Crippen LogP contribution in [0.5, 0.6) is 0 Å². The third-order valence-electron chi connectivity index (χ3n) is 6.79. The number of carbonyl (C=O) groups is 3. The van der Waals surface area contributed by atoms with E-state index in [2.05, 4.69) is 31.9 Å². The van der Waals surface area contributed by atoms with Gasteiger partial charge in [-0.15, -0.1) is 11.5 Å². The van der Waals surface area contributed by atoms with Gasteiger partial charge in [0.05, 0.1) is 26.3 Å². The number of anilines is 2. The molecule has 0 bridgehead atoms. The fraction of sp³-hybridized carbons (Fsp3) is 0.100. The third-order valence-corrected chi connectivity index (χ3v) is 8.67. The molecule has 4 N–H and O–H groups in total. The molecular formula is C30H21Cl4N7O4. The number of H-pyrrole nitrogens is 1. The molecule has 0 aliphatic rings. The van der Waals surface area contributed by atoms with E-state index in [0.717, 1.165) is 4.68 Å². The highest BCUT2D eigenvalue weighted by Crippen LogP contribution is 2.36. The molecule has 5 aromatic rings. The number of nitrogens with zero attached hydrogens (tertiary/aromatic N) is 4. The first kappa shape index (κ1) is 31.7. The van der Waals surface area contributed by atoms with Gasteiger partial charge in [-0.2, -0.15) is 0 Å². The highest BCUT2D eigenvalue weighted by molar-refractivity contribution is 6.45. The molecule has 5 rings (SSSR count). The second kappa shape index (κ2) is 12.7. The molecule has 3 heterocycles. The number of carboxylic acids is 1. The first-order valence-corrected chi connectivity index (χ1v) is 14.5. The fourth-order valence-electron chi connectivity index (χ4n) is 4.51. The maximum absolute atomic E-state index is 13.4. The minimum Gasteiger partial charge on any atom is -0.478 e. The third kappa shape index (κ3) is 6.14. The molecule has 0 saturated carbocycles. The van der Waals surface area contributed by atoms with E-state index in [1.165, 1.54) is 17.7 Å². The smallest absolute Gasteiger partial charge is 0.349 e. The topological polar surface area (TPSA) is 147 Å². The Hall–Kier alpha value is -4.73. The summed E-state index contributed by atoms with van der Waals surface area (Å²) in [6.45, 7) is 3.22. The van der Waals surface area contributed by atoms with Crippen LogP contribution in [0.15, 0.2) is 54.7 Å². The summed E-state index contributed by atoms with van der Waals surface area (Å²) < 4.78 is 2.25. The van der Waals surface area contributed by atoms with Gasteiger partial charge < -0.3 is 25.3 Å². The van der Waals surface area contributed by atoms with Crippen molar-refractivity contribution in [1.82, 2.24) is 24.5 Å². The van der Waals surface area contributed by atoms with E-state index in [0.29, 0.717) is 33.9 Å². The van der Waals surface area contributed by atoms with Crippen LogP contribution in [0.3, 0.4) is 0 Å². The number of aromatic nitrogens is 5. The number of terminal acetylenes is 1. The van der Waals surface area contributed by atoms with Gasteiger partial charge in [0.2, 0.25) is 6.17 Å². The van der Waals surface area contributed by atoms with Crippen molar-refractivity contribution in [2.75, 3.05) is 10.6 Å². The number of rotatable bonds is 8. The first-order chi connectivity index (χ1) is 21.4. The van der Waals surface area contributed by atoms with Gasteiger partial charge in [-0.1, -0.05) is 69.7 Å². The Bertz CT molecular complexity index is 2010. The summed E-state index contributed by atoms with van der Waals surface area (Å²) in [5.74, 6) is -0.0615. The number of hydrogen-bond acceptors (Lipinski definition) is 5. The molecule has 3 aromatic heterocycles. The standard InChI is InChI=1S/C30H21Cl4N7O4/c1-4-16-5-9-18(10-6-16)37-28(43)26-24(34)22(32)15(3)41(26)29(30(44)45)40-13-20(38-39-40)17-7-11-19(12-8-17)36-27(42)25-23(33)21(31)14(2)35-25/h1,5-13,29,35H,2-3H3,(H,36,42)(H,37,43)(H,44,45). The van der Waals surface area contributed by atoms with Crippen molar-refractivity contribution >= 4 is 75.6 Å². The van der Waals surface area contributed by atoms with E-state index in [-0.39, 0.29) is 37.2 Å². The zero-order valence-corrected chi connectivity index (χ0v) is 26.3. The zero-order valence-electron chi connectivity index (χ0n) is 23.3. The number of amides is 2. The van der Waals surface area contributed by atoms with Crippen molar-refractivity contribution < 1.29 is 19.5 Å². The van der Waals surface area contributed by atoms with E-state index in [4.69, 9.17) is 52.8 Å². The van der Waals surface area contributed by atoms with Crippen LogP contribution in [0.4, 0.5) is 11.4 Å². The van der Waals surface area contributed by atoms with Crippen LogP contribution in [0.1, 0.15) is 44.1 Å². The number of hydrogen-bond donors (Lipinski definition) is 4. The van der Waals surface area contributed by atoms with Crippen molar-refractivity contribution in [2.24, 2.45) is 0 Å². The van der Waals surface area contributed by atoms with Crippen molar-refractivity contribution in [3.05, 3.63) is 103 Å². The average molecular weight is 685 g/mol. The lowest BCUT2D eigenvalue weighted by molar-refractivity contribution is -0.142. The van der Waals surface area contributed by atoms with Crippen LogP contribution in [0.2, 0.25) is 20.1 Å². The number of aromatic amines is 1. The quantitative estimate of drug-likeness (QED) is 0.130. The molecule has 2 aromatic carbocycles. The maximum atomic E-state index is 13.4. The Morgan fingerprint density at radius 2 is 1.49 bits per heavy atom. The second-order valence-electron chi connectivity index (χ2n) is 9.69. The van der Waals surface area contributed by atoms with Crippen molar-refractivity contribution in [1.29, 1.82) is 0 Å². The first-order valence-electron chi connectivity index (χ1n) is 12.9. The molecule has 228 valence electrons. The summed E-state index contributed by atoms with van der Waals surface area (Å²) >= 11 is 25.1. The lowest BCUT2D eigenvalue weighted by Crippen LogP contribution is -2.31. The lowest BCUT2D eigenvalue weighted by Gasteiger charge is -2.19. The highest BCUT2D eigenvalue weighted by atomic mass is 35.5. The SMILES string of the molecule is C#Cc1ccc(NC(=O)c2c(Cl)c(Cl)c(C)n2C(C(=O)O)n2cc(-c3ccc(NC(=O)c4[nH]c(C)c(Cl)c4Cl)cc3)nn2)cc1. The largest absolute Gasteiger partial charge is 0.478 e. The monoisotopic (exact) mass is 683 g/mol. The molecule has 11 nitrogen and oxygen atoms in total. The summed E-state index contributed by atoms with van der Waals surface area (Å²) in [6, 6.07) is 13.1. The molecule has 0 aliphatic heterocycles. The molecule has 45 heavy (non-hydrogen) atoms. The number of carbonyl (C=O) groups excluding carboxylic acids is 2. The second-order valence-corrected chi connectivity index (χ2v) is 11.2. The fourth-order valence-corrected chi connectivity index (χ4v) is 5.42. The van der Waals surface area contributed by atoms with E-state index >= 15 is 0 Å². The van der Waals surface area contributed by atoms with Gasteiger partial charge in [0.1, 0.15) is 17.1 Å². The predicted octanol–water partition coefficient (Wildman–Crippen LogP) is 6.92. The van der Waals surface area contributed by atoms with Crippen molar-refractivity contribution in [3.63, 3.8) is 0 Å². The van der Waals surface area contributed by atoms with Gasteiger partial charge in [0, 0.05) is 33.9 Å². The molecule has 2 amide bonds. The van der Waals surface area contributed by atoms with E-state index < -0.39 is 23.9 Å². The number of aryl methyl sites for hydroxylation is 1. The highest BCUT2D eigenvalue weighted by Gasteiger charge is 2.33. The number of nitrogens with one attached hydrogen (secondary N) is 3. The molecular weight excluding hydrogens is 664 g/mol. The van der Waals surface area contributed by atoms with Crippen LogP contribution in [-0.2, 0) is 4.79 Å². The Morgan fingerprint density at radius 1 is 0.889 bits per heavy atom. The van der Waals surface area contributed by atoms with Gasteiger partial charge in [0.15, 0.2) is 0 Å². The molecule has 0 spiro atoms. The van der Waals surface area contributed by atoms with E-state index in [9.17, 15) is 19.5 Å². The van der Waals surface area contributed by atoms with Gasteiger partial charge in [-0.25, -0.2) is 9.48 Å². The molecule has 0 fully saturated rings. The molecule has 1 unspecified atom stereocenters. The Labute approximate surface area is 276 Å². The lowest BCUT2D eigenvalue weighted by atomic mass is 10.1. The average Bonchev–Trinajstić information content (AvgIpc) is 3.67. The zero-order chi connectivity index (χ0) is 32.6. The Morgan fingerprint density at radius 3 is 2.04 bits per heavy atom. The van der Waals surface area contributed by atoms with Crippen LogP contribution in [-0.4, -0.2) is 47.4 Å². The van der Waals surface area contributed by atoms with E-state index in [1.54, 1.807) is 55.5 Å². The summed E-state index contributed by atoms with van der Waals surface area (Å²) in [4.78, 5) is 41.5. The molecule has 1 atom stereocenters. The van der Waals surface area contributed by atoms with Crippen molar-refractivity contribution in [3.8, 4) is 23.6 Å². The summed E-state index contributed by atoms with van der Waals surface area (Å²) in [5.41, 5.74) is 3.07. The van der Waals surface area contributed by atoms with Crippen LogP contribution in [0.25, 0.3) is 11.3 Å². The molecule has 15 heteroatoms. The molecule has 0 saturated heterocycles. The normalized spacial score (nSPS) is 11.6. The minimum absolute atomic E-state index is 0.00629. The van der Waals surface area contributed by atoms with Gasteiger partial charge in [-0.05, 0) is 50.2 Å². The van der Waals surface area contributed by atoms with E-state index in [1.807, 2.05) is 0 Å². The summed E-state index contributed by atoms with van der Waals surface area (Å²) in [6.07, 6.45) is 5.21. The van der Waals surface area contributed by atoms with Crippen LogP contribution in [0, 0.1) is 26.2 Å². The van der Waals surface area contributed by atoms with Crippen LogP contribution < -0.4 is 10.6 Å². The van der Waals surface area contributed by atoms with Crippen molar-refractivity contribution in [2.45, 2.75) is 20.0 Å². The number of halogens is 4. The predicted molar refractivity (Wildman–Crippen MR) is 173 cm³/mol. The number of carboxylic acid groups (broad SMARTS) is 1. The number of benzene rings is 2. The maximum Gasteiger partial charge on any atom is 0.349 e. The Balaban J connectivity index is 1.42. The Kier molecular flexibility index (Phi) is 8.95.